The van der Waals surface area contributed by atoms with E-state index in [0.717, 1.165) is 11.0 Å². The number of hydrogen-bond acceptors (Lipinski definition) is 5. The standard InChI is InChI=1S/C21H13F3N4O2/c1-12(29)28(17-8-3-2-6-14(17)22)21-18(16-9-10-25-11-26-16)20(27-30-21)13-5-4-7-15(23)19(13)24/h2-11H,1H3. The highest BCUT2D eigenvalue weighted by molar-refractivity contribution is 6.03. The maximum absolute atomic E-state index is 14.5. The van der Waals surface area contributed by atoms with E-state index >= 15 is 0 Å². The largest absolute Gasteiger partial charge is 0.336 e. The summed E-state index contributed by atoms with van der Waals surface area (Å²) in [5.41, 5.74) is -0.0792. The van der Waals surface area contributed by atoms with Gasteiger partial charge in [-0.2, -0.15) is 0 Å². The Hall–Kier alpha value is -4.01. The van der Waals surface area contributed by atoms with Crippen LogP contribution in [0.2, 0.25) is 0 Å². The summed E-state index contributed by atoms with van der Waals surface area (Å²) in [6.07, 6.45) is 2.66. The van der Waals surface area contributed by atoms with Crippen molar-refractivity contribution < 1.29 is 22.5 Å². The number of carbonyl (C=O) groups excluding carboxylic acids is 1. The zero-order valence-electron chi connectivity index (χ0n) is 15.5. The molecule has 150 valence electrons. The second-order valence-electron chi connectivity index (χ2n) is 6.21. The normalized spacial score (nSPS) is 10.8. The molecule has 4 aromatic rings. The van der Waals surface area contributed by atoms with Gasteiger partial charge in [-0.3, -0.25) is 4.79 Å². The van der Waals surface area contributed by atoms with Crippen molar-refractivity contribution in [3.63, 3.8) is 0 Å². The van der Waals surface area contributed by atoms with Crippen molar-refractivity contribution in [3.05, 3.63) is 78.5 Å². The molecule has 0 aliphatic rings. The Morgan fingerprint density at radius 3 is 2.47 bits per heavy atom. The summed E-state index contributed by atoms with van der Waals surface area (Å²) < 4.78 is 48.2. The van der Waals surface area contributed by atoms with Crippen molar-refractivity contribution in [2.45, 2.75) is 6.92 Å². The molecule has 4 rings (SSSR count). The van der Waals surface area contributed by atoms with Crippen LogP contribution >= 0.6 is 0 Å². The second kappa shape index (κ2) is 7.78. The van der Waals surface area contributed by atoms with E-state index < -0.39 is 23.4 Å². The molecule has 30 heavy (non-hydrogen) atoms. The first-order valence-electron chi connectivity index (χ1n) is 8.74. The monoisotopic (exact) mass is 410 g/mol. The van der Waals surface area contributed by atoms with E-state index in [1.807, 2.05) is 0 Å². The molecule has 0 unspecified atom stereocenters. The van der Waals surface area contributed by atoms with Gasteiger partial charge in [-0.05, 0) is 30.3 Å². The summed E-state index contributed by atoms with van der Waals surface area (Å²) in [6.45, 7) is 1.21. The lowest BCUT2D eigenvalue weighted by atomic mass is 10.0. The predicted molar refractivity (Wildman–Crippen MR) is 102 cm³/mol. The van der Waals surface area contributed by atoms with Gasteiger partial charge in [-0.25, -0.2) is 28.0 Å². The van der Waals surface area contributed by atoms with Crippen molar-refractivity contribution in [3.8, 4) is 22.5 Å². The second-order valence-corrected chi connectivity index (χ2v) is 6.21. The van der Waals surface area contributed by atoms with Crippen molar-refractivity contribution in [2.75, 3.05) is 4.90 Å². The summed E-state index contributed by atoms with van der Waals surface area (Å²) in [5, 5.41) is 3.86. The lowest BCUT2D eigenvalue weighted by Gasteiger charge is -2.19. The molecular formula is C21H13F3N4O2. The highest BCUT2D eigenvalue weighted by atomic mass is 19.2. The topological polar surface area (TPSA) is 72.1 Å². The lowest BCUT2D eigenvalue weighted by Crippen LogP contribution is -2.24. The Morgan fingerprint density at radius 1 is 1.00 bits per heavy atom. The van der Waals surface area contributed by atoms with Gasteiger partial charge in [0.05, 0.1) is 16.9 Å². The molecule has 0 saturated carbocycles. The number of amides is 1. The summed E-state index contributed by atoms with van der Waals surface area (Å²) in [4.78, 5) is 21.4. The fraction of sp³-hybridized carbons (Fsp3) is 0.0476. The maximum atomic E-state index is 14.5. The van der Waals surface area contributed by atoms with E-state index in [-0.39, 0.29) is 34.1 Å². The van der Waals surface area contributed by atoms with E-state index in [4.69, 9.17) is 4.52 Å². The van der Waals surface area contributed by atoms with Gasteiger partial charge in [-0.1, -0.05) is 23.4 Å². The molecular weight excluding hydrogens is 397 g/mol. The third-order valence-corrected chi connectivity index (χ3v) is 4.33. The zero-order valence-corrected chi connectivity index (χ0v) is 15.5. The van der Waals surface area contributed by atoms with Crippen LogP contribution in [-0.2, 0) is 4.79 Å². The minimum absolute atomic E-state index is 0.0837. The van der Waals surface area contributed by atoms with Gasteiger partial charge in [0.1, 0.15) is 17.8 Å². The van der Waals surface area contributed by atoms with Crippen LogP contribution in [0.1, 0.15) is 6.92 Å². The molecule has 0 radical (unpaired) electrons. The van der Waals surface area contributed by atoms with Gasteiger partial charge < -0.3 is 4.52 Å². The van der Waals surface area contributed by atoms with E-state index in [0.29, 0.717) is 0 Å². The van der Waals surface area contributed by atoms with Crippen molar-refractivity contribution >= 4 is 17.5 Å². The Balaban J connectivity index is 2.02. The molecule has 2 heterocycles. The highest BCUT2D eigenvalue weighted by Crippen LogP contribution is 2.42. The minimum atomic E-state index is -1.15. The van der Waals surface area contributed by atoms with Crippen LogP contribution in [-0.4, -0.2) is 21.0 Å². The van der Waals surface area contributed by atoms with E-state index in [1.54, 1.807) is 6.07 Å². The zero-order chi connectivity index (χ0) is 21.3. The van der Waals surface area contributed by atoms with Crippen LogP contribution in [0.4, 0.5) is 24.7 Å². The van der Waals surface area contributed by atoms with Crippen LogP contribution in [0.25, 0.3) is 22.5 Å². The number of anilines is 2. The highest BCUT2D eigenvalue weighted by Gasteiger charge is 2.31. The molecule has 0 fully saturated rings. The van der Waals surface area contributed by atoms with Crippen LogP contribution in [0.15, 0.2) is 65.6 Å². The molecule has 0 aliphatic carbocycles. The van der Waals surface area contributed by atoms with E-state index in [2.05, 4.69) is 15.1 Å². The molecule has 1 amide bonds. The van der Waals surface area contributed by atoms with Gasteiger partial charge in [0.15, 0.2) is 11.6 Å². The van der Waals surface area contributed by atoms with Crippen LogP contribution in [0, 0.1) is 17.5 Å². The summed E-state index contributed by atoms with van der Waals surface area (Å²) in [7, 11) is 0. The fourth-order valence-electron chi connectivity index (χ4n) is 3.03. The lowest BCUT2D eigenvalue weighted by molar-refractivity contribution is -0.116. The maximum Gasteiger partial charge on any atom is 0.248 e. The van der Waals surface area contributed by atoms with Gasteiger partial charge >= 0.3 is 0 Å². The summed E-state index contributed by atoms with van der Waals surface area (Å²) >= 11 is 0. The van der Waals surface area contributed by atoms with E-state index in [9.17, 15) is 18.0 Å². The average molecular weight is 410 g/mol. The first kappa shape index (κ1) is 19.3. The molecule has 0 saturated heterocycles. The summed E-state index contributed by atoms with van der Waals surface area (Å²) in [5.74, 6) is -3.69. The third-order valence-electron chi connectivity index (χ3n) is 4.33. The molecule has 0 atom stereocenters. The number of benzene rings is 2. The fourth-order valence-corrected chi connectivity index (χ4v) is 3.03. The quantitative estimate of drug-likeness (QED) is 0.479. The first-order chi connectivity index (χ1) is 14.5. The summed E-state index contributed by atoms with van der Waals surface area (Å²) in [6, 6.07) is 10.6. The van der Waals surface area contributed by atoms with Crippen LogP contribution in [0.5, 0.6) is 0 Å². The third kappa shape index (κ3) is 3.30. The molecule has 0 spiro atoms. The number of halogens is 3. The van der Waals surface area contributed by atoms with E-state index in [1.165, 1.54) is 55.8 Å². The number of carbonyl (C=O) groups is 1. The first-order valence-corrected chi connectivity index (χ1v) is 8.74. The minimum Gasteiger partial charge on any atom is -0.336 e. The number of nitrogens with zero attached hydrogens (tertiary/aromatic N) is 4. The van der Waals surface area contributed by atoms with Gasteiger partial charge in [0, 0.05) is 18.7 Å². The van der Waals surface area contributed by atoms with Crippen LogP contribution in [0.3, 0.4) is 0 Å². The van der Waals surface area contributed by atoms with Gasteiger partial charge in [0.2, 0.25) is 11.8 Å². The SMILES string of the molecule is CC(=O)N(c1ccccc1F)c1onc(-c2cccc(F)c2F)c1-c1ccncn1. The predicted octanol–water partition coefficient (Wildman–Crippen LogP) is 4.90. The van der Waals surface area contributed by atoms with Crippen molar-refractivity contribution in [2.24, 2.45) is 0 Å². The number of hydrogen-bond donors (Lipinski definition) is 0. The molecule has 9 heteroatoms. The molecule has 0 N–H and O–H groups in total. The number of aromatic nitrogens is 3. The Bertz CT molecular complexity index is 1230. The van der Waals surface area contributed by atoms with Crippen LogP contribution < -0.4 is 4.90 Å². The molecule has 2 aromatic carbocycles. The molecule has 2 aromatic heterocycles. The Morgan fingerprint density at radius 2 is 1.77 bits per heavy atom. The Labute approximate surface area is 168 Å². The average Bonchev–Trinajstić information content (AvgIpc) is 3.16. The molecule has 6 nitrogen and oxygen atoms in total. The van der Waals surface area contributed by atoms with Gasteiger partial charge in [-0.15, -0.1) is 0 Å². The molecule has 0 aliphatic heterocycles. The number of rotatable bonds is 4. The van der Waals surface area contributed by atoms with Crippen molar-refractivity contribution in [1.29, 1.82) is 0 Å². The smallest absolute Gasteiger partial charge is 0.248 e. The van der Waals surface area contributed by atoms with Crippen molar-refractivity contribution in [1.82, 2.24) is 15.1 Å². The molecule has 0 bridgehead atoms. The Kier molecular flexibility index (Phi) is 5.01. The van der Waals surface area contributed by atoms with Gasteiger partial charge in [0.25, 0.3) is 0 Å². The number of para-hydroxylation sites is 1.